The van der Waals surface area contributed by atoms with Crippen molar-refractivity contribution in [3.05, 3.63) is 0 Å². The summed E-state index contributed by atoms with van der Waals surface area (Å²) in [5.41, 5.74) is 5.74. The molecule has 3 nitrogen and oxygen atoms in total. The van der Waals surface area contributed by atoms with Gasteiger partial charge in [-0.3, -0.25) is 0 Å². The largest absolute Gasteiger partial charge is 0.351 e. The van der Waals surface area contributed by atoms with Gasteiger partial charge >= 0.3 is 0 Å². The van der Waals surface area contributed by atoms with Gasteiger partial charge in [0, 0.05) is 13.2 Å². The van der Waals surface area contributed by atoms with Gasteiger partial charge in [0.25, 0.3) is 0 Å². The molecule has 0 aliphatic heterocycles. The fourth-order valence-corrected chi connectivity index (χ4v) is 1.06. The Balaban J connectivity index is 2.32. The van der Waals surface area contributed by atoms with Crippen LogP contribution in [0.15, 0.2) is 0 Å². The number of hydrogen-bond acceptors (Lipinski definition) is 3. The second-order valence-corrected chi connectivity index (χ2v) is 2.98. The molecule has 66 valence electrons. The minimum atomic E-state index is -0.183. The normalized spacial score (nSPS) is 20.7. The molecule has 0 spiro atoms. The average Bonchev–Trinajstić information content (AvgIpc) is 2.69. The summed E-state index contributed by atoms with van der Waals surface area (Å²) in [5.74, 6) is 0. The van der Waals surface area contributed by atoms with Gasteiger partial charge in [-0.2, -0.15) is 0 Å². The molecule has 1 aliphatic carbocycles. The average molecular weight is 159 g/mol. The van der Waals surface area contributed by atoms with E-state index in [-0.39, 0.29) is 11.8 Å². The Kier molecular flexibility index (Phi) is 2.87. The van der Waals surface area contributed by atoms with E-state index in [9.17, 15) is 0 Å². The summed E-state index contributed by atoms with van der Waals surface area (Å²) >= 11 is 0. The van der Waals surface area contributed by atoms with E-state index in [1.165, 1.54) is 0 Å². The molecule has 0 aromatic rings. The molecule has 1 aliphatic rings. The zero-order valence-electron chi connectivity index (χ0n) is 7.30. The molecule has 1 fully saturated rings. The van der Waals surface area contributed by atoms with Gasteiger partial charge in [-0.15, -0.1) is 0 Å². The van der Waals surface area contributed by atoms with Crippen molar-refractivity contribution in [3.8, 4) is 0 Å². The fraction of sp³-hybridized carbons (Fsp3) is 1.00. The summed E-state index contributed by atoms with van der Waals surface area (Å²) in [6.07, 6.45) is 1.87. The Bertz CT molecular complexity index is 117. The molecule has 2 N–H and O–H groups in total. The van der Waals surface area contributed by atoms with Gasteiger partial charge in [-0.1, -0.05) is 0 Å². The Morgan fingerprint density at radius 2 is 1.73 bits per heavy atom. The molecular weight excluding hydrogens is 142 g/mol. The summed E-state index contributed by atoms with van der Waals surface area (Å²) < 4.78 is 10.7. The second-order valence-electron chi connectivity index (χ2n) is 2.98. The van der Waals surface area contributed by atoms with E-state index in [1.54, 1.807) is 0 Å². The molecule has 11 heavy (non-hydrogen) atoms. The van der Waals surface area contributed by atoms with Crippen molar-refractivity contribution in [2.45, 2.75) is 38.5 Å². The van der Waals surface area contributed by atoms with Gasteiger partial charge in [-0.25, -0.2) is 0 Å². The standard InChI is InChI=1S/C8H17NO2/c1-3-10-7(11-4-2)8(9)5-6-8/h7H,3-6,9H2,1-2H3. The number of nitrogens with two attached hydrogens (primary N) is 1. The molecular formula is C8H17NO2. The highest BCUT2D eigenvalue weighted by Gasteiger charge is 2.47. The van der Waals surface area contributed by atoms with E-state index < -0.39 is 0 Å². The van der Waals surface area contributed by atoms with Crippen LogP contribution in [-0.2, 0) is 9.47 Å². The van der Waals surface area contributed by atoms with Crippen molar-refractivity contribution in [1.82, 2.24) is 0 Å². The van der Waals surface area contributed by atoms with Crippen LogP contribution >= 0.6 is 0 Å². The van der Waals surface area contributed by atoms with Crippen molar-refractivity contribution >= 4 is 0 Å². The van der Waals surface area contributed by atoms with E-state index >= 15 is 0 Å². The first-order valence-corrected chi connectivity index (χ1v) is 4.25. The van der Waals surface area contributed by atoms with Crippen molar-refractivity contribution < 1.29 is 9.47 Å². The SMILES string of the molecule is CCOC(OCC)C1(N)CC1. The molecule has 0 heterocycles. The van der Waals surface area contributed by atoms with Gasteiger partial charge in [-0.05, 0) is 26.7 Å². The van der Waals surface area contributed by atoms with Gasteiger partial charge in [0.1, 0.15) is 0 Å². The Morgan fingerprint density at radius 3 is 2.00 bits per heavy atom. The third kappa shape index (κ3) is 2.15. The smallest absolute Gasteiger partial charge is 0.175 e. The molecule has 0 bridgehead atoms. The van der Waals surface area contributed by atoms with Gasteiger partial charge in [0.05, 0.1) is 5.54 Å². The highest BCUT2D eigenvalue weighted by molar-refractivity contribution is 5.01. The Morgan fingerprint density at radius 1 is 1.27 bits per heavy atom. The molecule has 3 heteroatoms. The quantitative estimate of drug-likeness (QED) is 0.605. The minimum Gasteiger partial charge on any atom is -0.351 e. The first-order valence-electron chi connectivity index (χ1n) is 4.25. The molecule has 1 saturated carbocycles. The Labute approximate surface area is 67.9 Å². The lowest BCUT2D eigenvalue weighted by atomic mass is 10.3. The Hall–Kier alpha value is -0.120. The zero-order valence-corrected chi connectivity index (χ0v) is 7.30. The van der Waals surface area contributed by atoms with Crippen molar-refractivity contribution in [1.29, 1.82) is 0 Å². The predicted molar refractivity (Wildman–Crippen MR) is 43.2 cm³/mol. The van der Waals surface area contributed by atoms with Crippen molar-refractivity contribution in [3.63, 3.8) is 0 Å². The van der Waals surface area contributed by atoms with Crippen LogP contribution in [0.25, 0.3) is 0 Å². The fourth-order valence-electron chi connectivity index (χ4n) is 1.06. The summed E-state index contributed by atoms with van der Waals surface area (Å²) in [5, 5.41) is 0. The third-order valence-corrected chi connectivity index (χ3v) is 1.93. The molecule has 0 amide bonds. The highest BCUT2D eigenvalue weighted by Crippen LogP contribution is 2.37. The molecule has 0 saturated heterocycles. The van der Waals surface area contributed by atoms with Gasteiger partial charge in [0.15, 0.2) is 6.29 Å². The van der Waals surface area contributed by atoms with Crippen LogP contribution < -0.4 is 5.73 Å². The lowest BCUT2D eigenvalue weighted by Crippen LogP contribution is -2.41. The van der Waals surface area contributed by atoms with Gasteiger partial charge < -0.3 is 15.2 Å². The number of hydrogen-bond donors (Lipinski definition) is 1. The lowest BCUT2D eigenvalue weighted by Gasteiger charge is -2.22. The predicted octanol–water partition coefficient (Wildman–Crippen LogP) is 0.877. The molecule has 1 rings (SSSR count). The van der Waals surface area contributed by atoms with Crippen LogP contribution in [0.2, 0.25) is 0 Å². The highest BCUT2D eigenvalue weighted by atomic mass is 16.7. The zero-order chi connectivity index (χ0) is 8.32. The number of ether oxygens (including phenoxy) is 2. The summed E-state index contributed by atoms with van der Waals surface area (Å²) in [6.45, 7) is 5.25. The van der Waals surface area contributed by atoms with Crippen molar-refractivity contribution in [2.75, 3.05) is 13.2 Å². The maximum Gasteiger partial charge on any atom is 0.175 e. The summed E-state index contributed by atoms with van der Waals surface area (Å²) in [7, 11) is 0. The second kappa shape index (κ2) is 3.52. The summed E-state index contributed by atoms with van der Waals surface area (Å²) in [6, 6.07) is 0. The van der Waals surface area contributed by atoms with Crippen LogP contribution in [0, 0.1) is 0 Å². The van der Waals surface area contributed by atoms with Crippen LogP contribution in [0.3, 0.4) is 0 Å². The van der Waals surface area contributed by atoms with Crippen molar-refractivity contribution in [2.24, 2.45) is 5.73 Å². The summed E-state index contributed by atoms with van der Waals surface area (Å²) in [4.78, 5) is 0. The van der Waals surface area contributed by atoms with E-state index in [2.05, 4.69) is 0 Å². The molecule has 0 unspecified atom stereocenters. The van der Waals surface area contributed by atoms with Gasteiger partial charge in [0.2, 0.25) is 0 Å². The van der Waals surface area contributed by atoms with Crippen LogP contribution in [-0.4, -0.2) is 25.0 Å². The molecule has 0 atom stereocenters. The van der Waals surface area contributed by atoms with E-state index in [4.69, 9.17) is 15.2 Å². The maximum atomic E-state index is 5.91. The van der Waals surface area contributed by atoms with Crippen LogP contribution in [0.5, 0.6) is 0 Å². The van der Waals surface area contributed by atoms with Crippen LogP contribution in [0.4, 0.5) is 0 Å². The molecule has 0 aromatic heterocycles. The third-order valence-electron chi connectivity index (χ3n) is 1.93. The topological polar surface area (TPSA) is 44.5 Å². The van der Waals surface area contributed by atoms with E-state index in [0.29, 0.717) is 13.2 Å². The monoisotopic (exact) mass is 159 g/mol. The molecule has 0 aromatic carbocycles. The van der Waals surface area contributed by atoms with E-state index in [0.717, 1.165) is 12.8 Å². The number of rotatable bonds is 5. The lowest BCUT2D eigenvalue weighted by molar-refractivity contribution is -0.154. The first-order chi connectivity index (χ1) is 5.23. The maximum absolute atomic E-state index is 5.91. The van der Waals surface area contributed by atoms with E-state index in [1.807, 2.05) is 13.8 Å². The minimum absolute atomic E-state index is 0.175. The first kappa shape index (κ1) is 8.97. The molecule has 0 radical (unpaired) electrons. The van der Waals surface area contributed by atoms with Crippen LogP contribution in [0.1, 0.15) is 26.7 Å².